The van der Waals surface area contributed by atoms with Gasteiger partial charge >= 0.3 is 0 Å². The summed E-state index contributed by atoms with van der Waals surface area (Å²) >= 11 is 2.16. The average Bonchev–Trinajstić information content (AvgIpc) is 2.35. The molecule has 4 nitrogen and oxygen atoms in total. The fourth-order valence-corrected chi connectivity index (χ4v) is 2.05. The van der Waals surface area contributed by atoms with Crippen molar-refractivity contribution in [2.24, 2.45) is 0 Å². The van der Waals surface area contributed by atoms with Crippen molar-refractivity contribution in [2.45, 2.75) is 6.61 Å². The van der Waals surface area contributed by atoms with Crippen molar-refractivity contribution in [1.82, 2.24) is 9.97 Å². The van der Waals surface area contributed by atoms with Crippen LogP contribution in [0.1, 0.15) is 5.82 Å². The molecule has 0 radical (unpaired) electrons. The number of benzene rings is 1. The highest BCUT2D eigenvalue weighted by Gasteiger charge is 2.11. The molecule has 0 saturated carbocycles. The van der Waals surface area contributed by atoms with Gasteiger partial charge in [-0.25, -0.2) is 9.97 Å². The lowest BCUT2D eigenvalue weighted by Gasteiger charge is -2.08. The van der Waals surface area contributed by atoms with Crippen molar-refractivity contribution in [3.05, 3.63) is 39.7 Å². The van der Waals surface area contributed by atoms with Crippen LogP contribution in [-0.2, 0) is 11.3 Å². The molecule has 2 N–H and O–H groups in total. The first kappa shape index (κ1) is 12.3. The Hall–Kier alpha value is -1.21. The van der Waals surface area contributed by atoms with Crippen molar-refractivity contribution in [2.75, 3.05) is 12.8 Å². The number of ether oxygens (including phenoxy) is 1. The zero-order chi connectivity index (χ0) is 12.3. The summed E-state index contributed by atoms with van der Waals surface area (Å²) in [6.45, 7) is 0.362. The Morgan fingerprint density at radius 3 is 2.59 bits per heavy atom. The van der Waals surface area contributed by atoms with Gasteiger partial charge in [0.1, 0.15) is 12.4 Å². The number of nitrogens with zero attached hydrogens (tertiary/aromatic N) is 2. The fraction of sp³-hybridized carbons (Fsp3) is 0.167. The zero-order valence-corrected chi connectivity index (χ0v) is 11.5. The van der Waals surface area contributed by atoms with Crippen molar-refractivity contribution in [3.63, 3.8) is 0 Å². The lowest BCUT2D eigenvalue weighted by Crippen LogP contribution is -2.05. The Morgan fingerprint density at radius 1 is 1.24 bits per heavy atom. The molecule has 0 bridgehead atoms. The third-order valence-corrected chi connectivity index (χ3v) is 3.31. The van der Waals surface area contributed by atoms with E-state index in [2.05, 4.69) is 32.6 Å². The first-order valence-electron chi connectivity index (χ1n) is 5.08. The van der Waals surface area contributed by atoms with E-state index in [1.54, 1.807) is 7.11 Å². The summed E-state index contributed by atoms with van der Waals surface area (Å²) < 4.78 is 5.90. The minimum atomic E-state index is 0.362. The number of hydrogen-bond donors (Lipinski definition) is 1. The normalized spacial score (nSPS) is 10.5. The van der Waals surface area contributed by atoms with Gasteiger partial charge in [-0.1, -0.05) is 30.3 Å². The molecule has 0 saturated heterocycles. The molecule has 0 unspecified atom stereocenters. The van der Waals surface area contributed by atoms with Crippen LogP contribution in [0.4, 0.5) is 5.82 Å². The standard InChI is InChI=1S/C12H12IN3O/c1-17-7-9-15-11(10(13)12(14)16-9)8-5-3-2-4-6-8/h2-6H,7H2,1H3,(H2,14,15,16). The highest BCUT2D eigenvalue weighted by atomic mass is 127. The van der Waals surface area contributed by atoms with Gasteiger partial charge in [0.25, 0.3) is 0 Å². The predicted octanol–water partition coefficient (Wildman–Crippen LogP) is 2.48. The van der Waals surface area contributed by atoms with E-state index in [1.165, 1.54) is 0 Å². The molecule has 1 heterocycles. The number of methoxy groups -OCH3 is 1. The van der Waals surface area contributed by atoms with Gasteiger partial charge in [0, 0.05) is 12.7 Å². The van der Waals surface area contributed by atoms with Gasteiger partial charge in [-0.05, 0) is 22.6 Å². The summed E-state index contributed by atoms with van der Waals surface area (Å²) in [6.07, 6.45) is 0. The Balaban J connectivity index is 2.53. The second-order valence-corrected chi connectivity index (χ2v) is 4.57. The first-order chi connectivity index (χ1) is 8.22. The van der Waals surface area contributed by atoms with E-state index in [0.29, 0.717) is 18.2 Å². The molecule has 0 aliphatic rings. The Labute approximate surface area is 113 Å². The molecule has 2 aromatic rings. The number of aromatic nitrogens is 2. The van der Waals surface area contributed by atoms with Gasteiger partial charge < -0.3 is 10.5 Å². The summed E-state index contributed by atoms with van der Waals surface area (Å²) in [5.74, 6) is 1.09. The molecule has 0 fully saturated rings. The van der Waals surface area contributed by atoms with E-state index in [4.69, 9.17) is 10.5 Å². The maximum atomic E-state index is 5.87. The Kier molecular flexibility index (Phi) is 3.90. The maximum absolute atomic E-state index is 5.87. The molecule has 0 spiro atoms. The molecule has 1 aromatic heterocycles. The molecule has 0 aliphatic heterocycles. The highest BCUT2D eigenvalue weighted by molar-refractivity contribution is 14.1. The number of halogens is 1. The van der Waals surface area contributed by atoms with Crippen LogP contribution in [0.2, 0.25) is 0 Å². The van der Waals surface area contributed by atoms with Crippen LogP contribution in [0.25, 0.3) is 11.3 Å². The first-order valence-corrected chi connectivity index (χ1v) is 6.16. The fourth-order valence-electron chi connectivity index (χ4n) is 1.49. The van der Waals surface area contributed by atoms with E-state index in [-0.39, 0.29) is 0 Å². The van der Waals surface area contributed by atoms with Crippen LogP contribution in [0.15, 0.2) is 30.3 Å². The summed E-state index contributed by atoms with van der Waals surface area (Å²) in [4.78, 5) is 8.65. The predicted molar refractivity (Wildman–Crippen MR) is 75.3 cm³/mol. The molecule has 17 heavy (non-hydrogen) atoms. The van der Waals surface area contributed by atoms with Gasteiger partial charge in [-0.2, -0.15) is 0 Å². The molecular weight excluding hydrogens is 329 g/mol. The zero-order valence-electron chi connectivity index (χ0n) is 9.35. The number of anilines is 1. The molecule has 1 aromatic carbocycles. The van der Waals surface area contributed by atoms with E-state index >= 15 is 0 Å². The number of hydrogen-bond acceptors (Lipinski definition) is 4. The van der Waals surface area contributed by atoms with Crippen LogP contribution in [0.5, 0.6) is 0 Å². The Bertz CT molecular complexity index is 517. The highest BCUT2D eigenvalue weighted by Crippen LogP contribution is 2.26. The monoisotopic (exact) mass is 341 g/mol. The van der Waals surface area contributed by atoms with Gasteiger partial charge in [-0.15, -0.1) is 0 Å². The molecule has 2 rings (SSSR count). The van der Waals surface area contributed by atoms with Crippen LogP contribution < -0.4 is 5.73 Å². The number of rotatable bonds is 3. The summed E-state index contributed by atoms with van der Waals surface area (Å²) in [6, 6.07) is 9.91. The Morgan fingerprint density at radius 2 is 1.94 bits per heavy atom. The topological polar surface area (TPSA) is 61.0 Å². The minimum Gasteiger partial charge on any atom is -0.383 e. The van der Waals surface area contributed by atoms with E-state index in [9.17, 15) is 0 Å². The SMILES string of the molecule is COCc1nc(N)c(I)c(-c2ccccc2)n1. The smallest absolute Gasteiger partial charge is 0.157 e. The van der Waals surface area contributed by atoms with Crippen LogP contribution in [0, 0.1) is 3.57 Å². The number of nitrogen functional groups attached to an aromatic ring is 1. The molecular formula is C12H12IN3O. The van der Waals surface area contributed by atoms with Gasteiger partial charge in [0.2, 0.25) is 0 Å². The average molecular weight is 341 g/mol. The quantitative estimate of drug-likeness (QED) is 0.872. The van der Waals surface area contributed by atoms with E-state index < -0.39 is 0 Å². The third kappa shape index (κ3) is 2.73. The lowest BCUT2D eigenvalue weighted by molar-refractivity contribution is 0.178. The summed E-state index contributed by atoms with van der Waals surface area (Å²) in [5, 5.41) is 0. The van der Waals surface area contributed by atoms with E-state index in [1.807, 2.05) is 30.3 Å². The van der Waals surface area contributed by atoms with Crippen molar-refractivity contribution >= 4 is 28.4 Å². The molecule has 0 amide bonds. The second-order valence-electron chi connectivity index (χ2n) is 3.49. The largest absolute Gasteiger partial charge is 0.383 e. The molecule has 0 aliphatic carbocycles. The van der Waals surface area contributed by atoms with Crippen molar-refractivity contribution in [3.8, 4) is 11.3 Å². The molecule has 0 atom stereocenters. The van der Waals surface area contributed by atoms with Crippen molar-refractivity contribution in [1.29, 1.82) is 0 Å². The van der Waals surface area contributed by atoms with Gasteiger partial charge in [0.05, 0.1) is 9.26 Å². The van der Waals surface area contributed by atoms with E-state index in [0.717, 1.165) is 14.8 Å². The minimum absolute atomic E-state index is 0.362. The maximum Gasteiger partial charge on any atom is 0.157 e. The summed E-state index contributed by atoms with van der Waals surface area (Å²) in [7, 11) is 1.61. The van der Waals surface area contributed by atoms with Gasteiger partial charge in [-0.3, -0.25) is 0 Å². The molecule has 5 heteroatoms. The second kappa shape index (κ2) is 5.42. The lowest BCUT2D eigenvalue weighted by atomic mass is 10.1. The van der Waals surface area contributed by atoms with Crippen molar-refractivity contribution < 1.29 is 4.74 Å². The number of nitrogens with two attached hydrogens (primary N) is 1. The summed E-state index contributed by atoms with van der Waals surface area (Å²) in [5.41, 5.74) is 7.76. The van der Waals surface area contributed by atoms with Crippen LogP contribution in [-0.4, -0.2) is 17.1 Å². The molecule has 88 valence electrons. The van der Waals surface area contributed by atoms with Crippen LogP contribution >= 0.6 is 22.6 Å². The third-order valence-electron chi connectivity index (χ3n) is 2.24. The van der Waals surface area contributed by atoms with Gasteiger partial charge in [0.15, 0.2) is 5.82 Å². The van der Waals surface area contributed by atoms with Crippen LogP contribution in [0.3, 0.4) is 0 Å².